The second-order valence-electron chi connectivity index (χ2n) is 7.63. The third-order valence-corrected chi connectivity index (χ3v) is 6.87. The summed E-state index contributed by atoms with van der Waals surface area (Å²) in [6.07, 6.45) is 6.60. The Kier molecular flexibility index (Phi) is 5.57. The number of hydrogen-bond acceptors (Lipinski definition) is 5. The summed E-state index contributed by atoms with van der Waals surface area (Å²) < 4.78 is 0. The number of pyridine rings is 1. The summed E-state index contributed by atoms with van der Waals surface area (Å²) in [6, 6.07) is 6.29. The molecule has 0 radical (unpaired) electrons. The Morgan fingerprint density at radius 3 is 2.67 bits per heavy atom. The van der Waals surface area contributed by atoms with Gasteiger partial charge in [-0.05, 0) is 50.4 Å². The van der Waals surface area contributed by atoms with E-state index in [9.17, 15) is 4.79 Å². The van der Waals surface area contributed by atoms with Gasteiger partial charge in [0.25, 0.3) is 0 Å². The zero-order chi connectivity index (χ0) is 18.8. The molecule has 1 aliphatic heterocycles. The lowest BCUT2D eigenvalue weighted by Gasteiger charge is -2.38. The number of thiophene rings is 1. The molecule has 0 spiro atoms. The fourth-order valence-electron chi connectivity index (χ4n) is 4.27. The van der Waals surface area contributed by atoms with Crippen molar-refractivity contribution in [3.05, 3.63) is 46.1 Å². The highest BCUT2D eigenvalue weighted by Crippen LogP contribution is 2.45. The number of amides is 1. The highest BCUT2D eigenvalue weighted by atomic mass is 32.1. The van der Waals surface area contributed by atoms with E-state index in [2.05, 4.69) is 34.3 Å². The molecule has 3 heterocycles. The molecule has 0 bridgehead atoms. The topological polar surface area (TPSA) is 48.5 Å². The molecule has 27 heavy (non-hydrogen) atoms. The average Bonchev–Trinajstić information content (AvgIpc) is 3.02. The zero-order valence-electron chi connectivity index (χ0n) is 16.2. The number of nitrogens with one attached hydrogen (secondary N) is 1. The molecule has 1 N–H and O–H groups in total. The minimum atomic E-state index is 0.00740. The van der Waals surface area contributed by atoms with Crippen molar-refractivity contribution in [2.24, 2.45) is 0 Å². The zero-order valence-corrected chi connectivity index (χ0v) is 17.0. The van der Waals surface area contributed by atoms with Gasteiger partial charge in [-0.25, -0.2) is 0 Å². The van der Waals surface area contributed by atoms with Crippen molar-refractivity contribution in [1.29, 1.82) is 0 Å². The normalized spacial score (nSPS) is 19.5. The summed E-state index contributed by atoms with van der Waals surface area (Å²) in [4.78, 5) is 23.0. The number of hydrogen-bond donors (Lipinski definition) is 1. The Morgan fingerprint density at radius 2 is 1.96 bits per heavy atom. The van der Waals surface area contributed by atoms with Gasteiger partial charge in [-0.3, -0.25) is 14.7 Å². The second-order valence-corrected chi connectivity index (χ2v) is 8.74. The van der Waals surface area contributed by atoms with Gasteiger partial charge in [0, 0.05) is 49.7 Å². The Morgan fingerprint density at radius 1 is 1.19 bits per heavy atom. The van der Waals surface area contributed by atoms with Gasteiger partial charge in [-0.2, -0.15) is 0 Å². The van der Waals surface area contributed by atoms with E-state index in [0.29, 0.717) is 0 Å². The highest BCUT2D eigenvalue weighted by molar-refractivity contribution is 7.16. The monoisotopic (exact) mass is 384 g/mol. The van der Waals surface area contributed by atoms with Crippen molar-refractivity contribution in [3.63, 3.8) is 0 Å². The van der Waals surface area contributed by atoms with Crippen LogP contribution in [0.1, 0.15) is 47.5 Å². The number of aromatic nitrogens is 1. The first kappa shape index (κ1) is 18.6. The van der Waals surface area contributed by atoms with E-state index < -0.39 is 0 Å². The van der Waals surface area contributed by atoms with Crippen LogP contribution in [0.3, 0.4) is 0 Å². The van der Waals surface area contributed by atoms with Crippen molar-refractivity contribution in [2.45, 2.75) is 38.6 Å². The van der Waals surface area contributed by atoms with Crippen LogP contribution in [-0.2, 0) is 17.6 Å². The predicted molar refractivity (Wildman–Crippen MR) is 110 cm³/mol. The maximum absolute atomic E-state index is 11.9. The van der Waals surface area contributed by atoms with Crippen molar-refractivity contribution in [2.75, 3.05) is 38.5 Å². The third kappa shape index (κ3) is 3.93. The minimum absolute atomic E-state index is 0.00740. The number of rotatable bonds is 4. The maximum Gasteiger partial charge on any atom is 0.221 e. The van der Waals surface area contributed by atoms with Crippen LogP contribution in [0.4, 0.5) is 5.00 Å². The molecule has 2 aromatic heterocycles. The quantitative estimate of drug-likeness (QED) is 0.879. The predicted octanol–water partition coefficient (Wildman–Crippen LogP) is 3.32. The Bertz CT molecular complexity index is 796. The van der Waals surface area contributed by atoms with Gasteiger partial charge in [0.2, 0.25) is 5.91 Å². The van der Waals surface area contributed by atoms with Gasteiger partial charge >= 0.3 is 0 Å². The smallest absolute Gasteiger partial charge is 0.221 e. The summed E-state index contributed by atoms with van der Waals surface area (Å²) >= 11 is 1.78. The molecule has 1 aliphatic carbocycles. The van der Waals surface area contributed by atoms with Gasteiger partial charge in [-0.1, -0.05) is 6.07 Å². The van der Waals surface area contributed by atoms with Crippen LogP contribution in [0.2, 0.25) is 0 Å². The Balaban J connectivity index is 1.82. The number of fused-ring (bicyclic) bond motifs is 1. The number of piperazine rings is 1. The first-order chi connectivity index (χ1) is 13.1. The van der Waals surface area contributed by atoms with Crippen LogP contribution in [0, 0.1) is 0 Å². The molecular weight excluding hydrogens is 356 g/mol. The first-order valence-electron chi connectivity index (χ1n) is 9.89. The lowest BCUT2D eigenvalue weighted by atomic mass is 9.90. The number of aryl methyl sites for hydroxylation is 1. The van der Waals surface area contributed by atoms with Gasteiger partial charge in [0.15, 0.2) is 0 Å². The van der Waals surface area contributed by atoms with Crippen molar-refractivity contribution in [3.8, 4) is 0 Å². The summed E-state index contributed by atoms with van der Waals surface area (Å²) in [5, 5.41) is 4.17. The van der Waals surface area contributed by atoms with E-state index in [1.54, 1.807) is 18.3 Å². The molecule has 1 saturated heterocycles. The minimum Gasteiger partial charge on any atom is -0.318 e. The molecule has 2 aliphatic rings. The molecule has 0 saturated carbocycles. The van der Waals surface area contributed by atoms with Crippen LogP contribution in [0.25, 0.3) is 0 Å². The maximum atomic E-state index is 11.9. The average molecular weight is 385 g/mol. The van der Waals surface area contributed by atoms with Gasteiger partial charge < -0.3 is 10.2 Å². The molecule has 5 nitrogen and oxygen atoms in total. The lowest BCUT2D eigenvalue weighted by Crippen LogP contribution is -2.46. The van der Waals surface area contributed by atoms with E-state index >= 15 is 0 Å². The first-order valence-corrected chi connectivity index (χ1v) is 10.7. The highest BCUT2D eigenvalue weighted by Gasteiger charge is 2.33. The summed E-state index contributed by atoms with van der Waals surface area (Å²) in [5.74, 6) is 0.00740. The molecule has 144 valence electrons. The van der Waals surface area contributed by atoms with Crippen LogP contribution in [-0.4, -0.2) is 53.9 Å². The third-order valence-electron chi connectivity index (χ3n) is 5.65. The molecule has 6 heteroatoms. The summed E-state index contributed by atoms with van der Waals surface area (Å²) in [5.41, 5.74) is 3.84. The second kappa shape index (κ2) is 8.09. The fraction of sp³-hybridized carbons (Fsp3) is 0.524. The van der Waals surface area contributed by atoms with Crippen LogP contribution in [0.5, 0.6) is 0 Å². The Hall–Kier alpha value is -1.76. The van der Waals surface area contributed by atoms with Gasteiger partial charge in [0.1, 0.15) is 5.00 Å². The van der Waals surface area contributed by atoms with Gasteiger partial charge in [-0.15, -0.1) is 11.3 Å². The molecule has 2 aromatic rings. The summed E-state index contributed by atoms with van der Waals surface area (Å²) in [7, 11) is 2.18. The Labute approximate surface area is 165 Å². The van der Waals surface area contributed by atoms with E-state index in [4.69, 9.17) is 4.98 Å². The number of carbonyl (C=O) groups excluding carboxylic acids is 1. The molecule has 0 unspecified atom stereocenters. The SMILES string of the molecule is CC(=O)Nc1sc2c(c1[C@@H](c1ccccn1)N1CCN(C)CC1)CCCC2. The molecule has 1 amide bonds. The number of carbonyl (C=O) groups is 1. The van der Waals surface area contributed by atoms with Crippen LogP contribution in [0.15, 0.2) is 24.4 Å². The van der Waals surface area contributed by atoms with Crippen LogP contribution >= 0.6 is 11.3 Å². The molecule has 4 rings (SSSR count). The number of anilines is 1. The van der Waals surface area contributed by atoms with E-state index in [1.807, 2.05) is 12.3 Å². The standard InChI is InChI=1S/C21H28N4OS/c1-15(26)23-21-19(16-7-3-4-9-18(16)27-21)20(17-8-5-6-10-22-17)25-13-11-24(2)12-14-25/h5-6,8,10,20H,3-4,7,9,11-14H2,1-2H3,(H,23,26)/t20-/m1/s1. The van der Waals surface area contributed by atoms with E-state index in [-0.39, 0.29) is 11.9 Å². The van der Waals surface area contributed by atoms with Crippen molar-refractivity contribution >= 4 is 22.2 Å². The van der Waals surface area contributed by atoms with Crippen molar-refractivity contribution in [1.82, 2.24) is 14.8 Å². The summed E-state index contributed by atoms with van der Waals surface area (Å²) in [6.45, 7) is 5.76. The molecule has 0 aromatic carbocycles. The van der Waals surface area contributed by atoms with E-state index in [1.165, 1.54) is 28.8 Å². The van der Waals surface area contributed by atoms with Crippen molar-refractivity contribution < 1.29 is 4.79 Å². The van der Waals surface area contributed by atoms with Crippen LogP contribution < -0.4 is 5.32 Å². The fourth-order valence-corrected chi connectivity index (χ4v) is 5.64. The van der Waals surface area contributed by atoms with E-state index in [0.717, 1.165) is 49.7 Å². The number of nitrogens with zero attached hydrogens (tertiary/aromatic N) is 3. The van der Waals surface area contributed by atoms with Gasteiger partial charge in [0.05, 0.1) is 11.7 Å². The number of likely N-dealkylation sites (N-methyl/N-ethyl adjacent to an activating group) is 1. The largest absolute Gasteiger partial charge is 0.318 e. The molecular formula is C21H28N4OS. The molecule has 1 atom stereocenters. The lowest BCUT2D eigenvalue weighted by molar-refractivity contribution is -0.114. The molecule has 1 fully saturated rings.